The van der Waals surface area contributed by atoms with Crippen molar-refractivity contribution in [3.63, 3.8) is 0 Å². The van der Waals surface area contributed by atoms with Crippen LogP contribution in [0, 0.1) is 6.92 Å². The van der Waals surface area contributed by atoms with Crippen molar-refractivity contribution in [2.24, 2.45) is 0 Å². The van der Waals surface area contributed by atoms with Gasteiger partial charge in [0.15, 0.2) is 0 Å². The molecule has 0 unspecified atom stereocenters. The molecule has 2 aromatic rings. The lowest BCUT2D eigenvalue weighted by Crippen LogP contribution is -2.23. The number of aromatic nitrogens is 2. The smallest absolute Gasteiger partial charge is 0.275 e. The molecule has 0 bridgehead atoms. The highest BCUT2D eigenvalue weighted by Gasteiger charge is 2.09. The van der Waals surface area contributed by atoms with Gasteiger partial charge in [-0.3, -0.25) is 4.79 Å². The molecule has 94 valence electrons. The van der Waals surface area contributed by atoms with Crippen LogP contribution in [0.3, 0.4) is 0 Å². The van der Waals surface area contributed by atoms with E-state index < -0.39 is 0 Å². The number of hydrogen-bond donors (Lipinski definition) is 2. The van der Waals surface area contributed by atoms with Crippen molar-refractivity contribution >= 4 is 0 Å². The van der Waals surface area contributed by atoms with Crippen LogP contribution in [-0.4, -0.2) is 21.9 Å². The number of rotatable bonds is 3. The predicted molar refractivity (Wildman–Crippen MR) is 69.0 cm³/mol. The van der Waals surface area contributed by atoms with Gasteiger partial charge in [-0.05, 0) is 25.6 Å². The van der Waals surface area contributed by atoms with Crippen LogP contribution in [0.4, 0.5) is 0 Å². The Morgan fingerprint density at radius 1 is 1.39 bits per heavy atom. The lowest BCUT2D eigenvalue weighted by Gasteiger charge is -2.10. The highest BCUT2D eigenvalue weighted by molar-refractivity contribution is 5.40. The molecule has 1 heterocycles. The molecule has 0 fully saturated rings. The standard InChI is InChI=1S/C13H15N3O2/c1-9-5-3-4-6-11(9)16-13(18)7-12(17)10(15-16)8-14-2/h3-7,14,17H,8H2,1-2H3. The number of nitrogens with zero attached hydrogens (tertiary/aromatic N) is 2. The molecule has 0 spiro atoms. The molecule has 1 aromatic carbocycles. The topological polar surface area (TPSA) is 67.2 Å². The van der Waals surface area contributed by atoms with E-state index in [0.29, 0.717) is 12.2 Å². The molecule has 0 amide bonds. The van der Waals surface area contributed by atoms with Crippen LogP contribution in [0.5, 0.6) is 5.75 Å². The zero-order valence-electron chi connectivity index (χ0n) is 10.3. The van der Waals surface area contributed by atoms with Crippen LogP contribution >= 0.6 is 0 Å². The zero-order chi connectivity index (χ0) is 13.1. The first kappa shape index (κ1) is 12.3. The molecular formula is C13H15N3O2. The molecular weight excluding hydrogens is 230 g/mol. The van der Waals surface area contributed by atoms with Crippen molar-refractivity contribution in [3.8, 4) is 11.4 Å². The average molecular weight is 245 g/mol. The highest BCUT2D eigenvalue weighted by atomic mass is 16.3. The van der Waals surface area contributed by atoms with E-state index in [-0.39, 0.29) is 11.3 Å². The third-order valence-electron chi connectivity index (χ3n) is 2.67. The van der Waals surface area contributed by atoms with Crippen molar-refractivity contribution in [1.29, 1.82) is 0 Å². The van der Waals surface area contributed by atoms with Gasteiger partial charge in [-0.2, -0.15) is 9.78 Å². The van der Waals surface area contributed by atoms with E-state index in [1.165, 1.54) is 10.7 Å². The Bertz CT molecular complexity index is 620. The third-order valence-corrected chi connectivity index (χ3v) is 2.67. The molecule has 0 atom stereocenters. The molecule has 0 aliphatic heterocycles. The van der Waals surface area contributed by atoms with E-state index in [0.717, 1.165) is 11.3 Å². The van der Waals surface area contributed by atoms with Crippen molar-refractivity contribution in [2.75, 3.05) is 7.05 Å². The summed E-state index contributed by atoms with van der Waals surface area (Å²) in [5.74, 6) is -0.0841. The second-order valence-corrected chi connectivity index (χ2v) is 4.04. The fourth-order valence-corrected chi connectivity index (χ4v) is 1.75. The van der Waals surface area contributed by atoms with Crippen LogP contribution in [-0.2, 0) is 6.54 Å². The number of para-hydroxylation sites is 1. The SMILES string of the molecule is CNCc1nn(-c2ccccc2C)c(=O)cc1O. The Labute approximate surface area is 105 Å². The fraction of sp³-hybridized carbons (Fsp3) is 0.231. The molecule has 18 heavy (non-hydrogen) atoms. The molecule has 0 saturated carbocycles. The Kier molecular flexibility index (Phi) is 3.43. The van der Waals surface area contributed by atoms with Crippen LogP contribution in [0.25, 0.3) is 5.69 Å². The van der Waals surface area contributed by atoms with Gasteiger partial charge in [-0.1, -0.05) is 18.2 Å². The minimum atomic E-state index is -0.346. The Hall–Kier alpha value is -2.14. The molecule has 5 nitrogen and oxygen atoms in total. The van der Waals surface area contributed by atoms with Crippen LogP contribution in [0.1, 0.15) is 11.3 Å². The molecule has 5 heteroatoms. The molecule has 1 aromatic heterocycles. The van der Waals surface area contributed by atoms with Crippen molar-refractivity contribution in [3.05, 3.63) is 51.9 Å². The second kappa shape index (κ2) is 5.01. The number of aromatic hydroxyl groups is 1. The predicted octanol–water partition coefficient (Wildman–Crippen LogP) is 0.966. The molecule has 0 saturated heterocycles. The quantitative estimate of drug-likeness (QED) is 0.845. The first-order valence-electron chi connectivity index (χ1n) is 5.66. The summed E-state index contributed by atoms with van der Waals surface area (Å²) >= 11 is 0. The van der Waals surface area contributed by atoms with Gasteiger partial charge in [-0.15, -0.1) is 0 Å². The third kappa shape index (κ3) is 2.26. The first-order valence-corrected chi connectivity index (χ1v) is 5.66. The minimum Gasteiger partial charge on any atom is -0.506 e. The van der Waals surface area contributed by atoms with Gasteiger partial charge in [0.05, 0.1) is 5.69 Å². The van der Waals surface area contributed by atoms with E-state index in [2.05, 4.69) is 10.4 Å². The summed E-state index contributed by atoms with van der Waals surface area (Å²) in [5, 5.41) is 16.7. The molecule has 0 radical (unpaired) electrons. The van der Waals surface area contributed by atoms with Gasteiger partial charge in [-0.25, -0.2) is 0 Å². The van der Waals surface area contributed by atoms with Crippen LogP contribution in [0.2, 0.25) is 0 Å². The Morgan fingerprint density at radius 2 is 2.11 bits per heavy atom. The Morgan fingerprint density at radius 3 is 2.78 bits per heavy atom. The Balaban J connectivity index is 2.61. The van der Waals surface area contributed by atoms with Gasteiger partial charge in [0, 0.05) is 12.6 Å². The number of aryl methyl sites for hydroxylation is 1. The summed E-state index contributed by atoms with van der Waals surface area (Å²) in [7, 11) is 1.75. The van der Waals surface area contributed by atoms with E-state index in [1.54, 1.807) is 7.05 Å². The number of benzene rings is 1. The number of nitrogens with one attached hydrogen (secondary N) is 1. The van der Waals surface area contributed by atoms with Gasteiger partial charge >= 0.3 is 0 Å². The summed E-state index contributed by atoms with van der Waals surface area (Å²) in [6.45, 7) is 2.31. The lowest BCUT2D eigenvalue weighted by atomic mass is 10.2. The summed E-state index contributed by atoms with van der Waals surface area (Å²) < 4.78 is 1.31. The maximum absolute atomic E-state index is 11.9. The monoisotopic (exact) mass is 245 g/mol. The van der Waals surface area contributed by atoms with Crippen LogP contribution < -0.4 is 10.9 Å². The van der Waals surface area contributed by atoms with Gasteiger partial charge in [0.1, 0.15) is 11.4 Å². The van der Waals surface area contributed by atoms with E-state index in [4.69, 9.17) is 0 Å². The fourth-order valence-electron chi connectivity index (χ4n) is 1.75. The molecule has 0 aliphatic rings. The zero-order valence-corrected chi connectivity index (χ0v) is 10.3. The summed E-state index contributed by atoms with van der Waals surface area (Å²) in [6, 6.07) is 8.67. The average Bonchev–Trinajstić information content (AvgIpc) is 2.34. The first-order chi connectivity index (χ1) is 8.63. The lowest BCUT2D eigenvalue weighted by molar-refractivity contribution is 0.453. The molecule has 0 aliphatic carbocycles. The number of hydrogen-bond acceptors (Lipinski definition) is 4. The summed E-state index contributed by atoms with van der Waals surface area (Å²) in [4.78, 5) is 11.9. The minimum absolute atomic E-state index is 0.0841. The summed E-state index contributed by atoms with van der Waals surface area (Å²) in [6.07, 6.45) is 0. The highest BCUT2D eigenvalue weighted by Crippen LogP contribution is 2.14. The van der Waals surface area contributed by atoms with Gasteiger partial charge in [0.25, 0.3) is 5.56 Å². The van der Waals surface area contributed by atoms with E-state index in [9.17, 15) is 9.90 Å². The maximum atomic E-state index is 11.9. The second-order valence-electron chi connectivity index (χ2n) is 4.04. The van der Waals surface area contributed by atoms with Crippen molar-refractivity contribution < 1.29 is 5.11 Å². The summed E-state index contributed by atoms with van der Waals surface area (Å²) in [5.41, 5.74) is 1.77. The largest absolute Gasteiger partial charge is 0.506 e. The van der Waals surface area contributed by atoms with Crippen molar-refractivity contribution in [2.45, 2.75) is 13.5 Å². The van der Waals surface area contributed by atoms with Crippen molar-refractivity contribution in [1.82, 2.24) is 15.1 Å². The molecule has 2 N–H and O–H groups in total. The molecule has 2 rings (SSSR count). The van der Waals surface area contributed by atoms with Gasteiger partial charge in [0.2, 0.25) is 0 Å². The van der Waals surface area contributed by atoms with E-state index >= 15 is 0 Å². The van der Waals surface area contributed by atoms with Gasteiger partial charge < -0.3 is 10.4 Å². The van der Waals surface area contributed by atoms with E-state index in [1.807, 2.05) is 31.2 Å². The maximum Gasteiger partial charge on any atom is 0.275 e. The van der Waals surface area contributed by atoms with Crippen LogP contribution in [0.15, 0.2) is 35.1 Å². The normalized spacial score (nSPS) is 10.6.